The molecule has 6 heteroatoms. The molecule has 1 aromatic rings. The van der Waals surface area contributed by atoms with Crippen molar-refractivity contribution in [1.82, 2.24) is 0 Å². The molecule has 0 heterocycles. The summed E-state index contributed by atoms with van der Waals surface area (Å²) in [4.78, 5) is -0.0527. The number of aliphatic hydroxyl groups is 1. The average molecular weight is 264 g/mol. The van der Waals surface area contributed by atoms with Crippen LogP contribution in [0.25, 0.3) is 0 Å². The zero-order chi connectivity index (χ0) is 12.3. The normalized spacial score (nSPS) is 16.8. The standard InChI is InChI=1S/C10H13ClO4S/c1-3-10(12,15-2)7-4-5-8(11)9(6-7)16(13)14/h4-6,12H,3H2,1-2H3,(H,13,14)/p-1/t10-/m1/s1. The Morgan fingerprint density at radius 2 is 2.25 bits per heavy atom. The molecule has 0 spiro atoms. The molecule has 0 aromatic heterocycles. The highest BCUT2D eigenvalue weighted by Crippen LogP contribution is 2.29. The van der Waals surface area contributed by atoms with Crippen molar-refractivity contribution in [3.05, 3.63) is 28.8 Å². The van der Waals surface area contributed by atoms with Gasteiger partial charge in [-0.15, -0.1) is 0 Å². The Bertz CT molecular complexity index is 404. The third-order valence-corrected chi connectivity index (χ3v) is 3.52. The minimum Gasteiger partial charge on any atom is -0.768 e. The van der Waals surface area contributed by atoms with Crippen LogP contribution in [0.5, 0.6) is 0 Å². The monoisotopic (exact) mass is 263 g/mol. The maximum Gasteiger partial charge on any atom is 0.191 e. The van der Waals surface area contributed by atoms with Gasteiger partial charge in [-0.2, -0.15) is 0 Å². The zero-order valence-electron chi connectivity index (χ0n) is 8.90. The second-order valence-corrected chi connectivity index (χ2v) is 4.54. The number of hydrogen-bond acceptors (Lipinski definition) is 4. The van der Waals surface area contributed by atoms with E-state index in [1.807, 2.05) is 0 Å². The van der Waals surface area contributed by atoms with Gasteiger partial charge >= 0.3 is 0 Å². The predicted molar refractivity (Wildman–Crippen MR) is 59.8 cm³/mol. The molecule has 90 valence electrons. The Kier molecular flexibility index (Phi) is 4.46. The summed E-state index contributed by atoms with van der Waals surface area (Å²) >= 11 is 3.27. The van der Waals surface area contributed by atoms with Crippen molar-refractivity contribution in [2.24, 2.45) is 0 Å². The number of methoxy groups -OCH3 is 1. The van der Waals surface area contributed by atoms with E-state index in [-0.39, 0.29) is 9.92 Å². The maximum absolute atomic E-state index is 10.9. The molecule has 1 N–H and O–H groups in total. The van der Waals surface area contributed by atoms with E-state index in [4.69, 9.17) is 16.3 Å². The minimum atomic E-state index is -2.44. The molecule has 0 aliphatic heterocycles. The van der Waals surface area contributed by atoms with Gasteiger partial charge in [0.15, 0.2) is 5.79 Å². The molecular formula is C10H12ClO4S-. The lowest BCUT2D eigenvalue weighted by molar-refractivity contribution is -0.196. The van der Waals surface area contributed by atoms with Crippen molar-refractivity contribution in [2.75, 3.05) is 7.11 Å². The largest absolute Gasteiger partial charge is 0.768 e. The zero-order valence-corrected chi connectivity index (χ0v) is 10.5. The summed E-state index contributed by atoms with van der Waals surface area (Å²) in [6, 6.07) is 4.26. The van der Waals surface area contributed by atoms with E-state index in [9.17, 15) is 13.9 Å². The fourth-order valence-corrected chi connectivity index (χ4v) is 2.10. The van der Waals surface area contributed by atoms with Gasteiger partial charge in [0.2, 0.25) is 0 Å². The number of ether oxygens (including phenoxy) is 1. The summed E-state index contributed by atoms with van der Waals surface area (Å²) in [5.74, 6) is -1.49. The molecule has 0 saturated carbocycles. The van der Waals surface area contributed by atoms with Crippen molar-refractivity contribution in [3.8, 4) is 0 Å². The average Bonchev–Trinajstić information content (AvgIpc) is 2.28. The summed E-state index contributed by atoms with van der Waals surface area (Å²) in [5.41, 5.74) is 0.362. The summed E-state index contributed by atoms with van der Waals surface area (Å²) in [7, 11) is 1.35. The van der Waals surface area contributed by atoms with E-state index in [0.29, 0.717) is 12.0 Å². The van der Waals surface area contributed by atoms with Crippen molar-refractivity contribution in [1.29, 1.82) is 0 Å². The summed E-state index contributed by atoms with van der Waals surface area (Å²) in [5, 5.41) is 10.1. The van der Waals surface area contributed by atoms with E-state index in [1.54, 1.807) is 6.92 Å². The molecule has 2 atom stereocenters. The van der Waals surface area contributed by atoms with Gasteiger partial charge in [-0.05, 0) is 23.2 Å². The van der Waals surface area contributed by atoms with Crippen LogP contribution in [0.3, 0.4) is 0 Å². The van der Waals surface area contributed by atoms with Crippen LogP contribution in [-0.2, 0) is 21.6 Å². The third kappa shape index (κ3) is 2.61. The Balaban J connectivity index is 3.27. The highest BCUT2D eigenvalue weighted by atomic mass is 35.5. The maximum atomic E-state index is 10.9. The molecule has 0 aliphatic rings. The molecule has 0 aliphatic carbocycles. The molecular weight excluding hydrogens is 252 g/mol. The van der Waals surface area contributed by atoms with Crippen LogP contribution in [0.15, 0.2) is 23.1 Å². The molecule has 0 fully saturated rings. The highest BCUT2D eigenvalue weighted by molar-refractivity contribution is 7.79. The molecule has 0 radical (unpaired) electrons. The molecule has 0 amide bonds. The Hall–Kier alpha value is -0.460. The number of benzene rings is 1. The third-order valence-electron chi connectivity index (χ3n) is 2.38. The lowest BCUT2D eigenvalue weighted by Gasteiger charge is -2.26. The fraction of sp³-hybridized carbons (Fsp3) is 0.400. The van der Waals surface area contributed by atoms with Gasteiger partial charge in [-0.3, -0.25) is 4.21 Å². The predicted octanol–water partition coefficient (Wildman–Crippen LogP) is 1.78. The van der Waals surface area contributed by atoms with Crippen LogP contribution in [0.4, 0.5) is 0 Å². The second kappa shape index (κ2) is 5.25. The molecule has 1 aromatic carbocycles. The first-order valence-corrected chi connectivity index (χ1v) is 6.06. The number of rotatable bonds is 4. The van der Waals surface area contributed by atoms with Crippen LogP contribution in [0.1, 0.15) is 18.9 Å². The summed E-state index contributed by atoms with van der Waals surface area (Å²) < 4.78 is 26.7. The second-order valence-electron chi connectivity index (χ2n) is 3.22. The van der Waals surface area contributed by atoms with Crippen LogP contribution in [-0.4, -0.2) is 21.0 Å². The van der Waals surface area contributed by atoms with Crippen molar-refractivity contribution in [2.45, 2.75) is 24.0 Å². The van der Waals surface area contributed by atoms with Crippen LogP contribution in [0.2, 0.25) is 5.02 Å². The molecule has 0 saturated heterocycles. The fourth-order valence-electron chi connectivity index (χ4n) is 1.34. The van der Waals surface area contributed by atoms with E-state index < -0.39 is 16.9 Å². The Morgan fingerprint density at radius 3 is 2.69 bits per heavy atom. The van der Waals surface area contributed by atoms with Gasteiger partial charge in [-0.25, -0.2) is 0 Å². The van der Waals surface area contributed by atoms with Gasteiger partial charge in [-0.1, -0.05) is 24.6 Å². The van der Waals surface area contributed by atoms with Crippen molar-refractivity contribution in [3.63, 3.8) is 0 Å². The molecule has 1 rings (SSSR count). The summed E-state index contributed by atoms with van der Waals surface area (Å²) in [6.07, 6.45) is 0.302. The smallest absolute Gasteiger partial charge is 0.191 e. The lowest BCUT2D eigenvalue weighted by Crippen LogP contribution is -2.27. The number of hydrogen-bond donors (Lipinski definition) is 1. The Labute approximate surface area is 101 Å². The first-order chi connectivity index (χ1) is 7.44. The van der Waals surface area contributed by atoms with Gasteiger partial charge in [0, 0.05) is 24.0 Å². The van der Waals surface area contributed by atoms with Crippen molar-refractivity contribution < 1.29 is 18.6 Å². The molecule has 1 unspecified atom stereocenters. The van der Waals surface area contributed by atoms with Gasteiger partial charge in [0.25, 0.3) is 0 Å². The van der Waals surface area contributed by atoms with Crippen LogP contribution >= 0.6 is 11.6 Å². The van der Waals surface area contributed by atoms with E-state index >= 15 is 0 Å². The van der Waals surface area contributed by atoms with Crippen LogP contribution in [0, 0.1) is 0 Å². The van der Waals surface area contributed by atoms with Gasteiger partial charge in [0.1, 0.15) is 0 Å². The van der Waals surface area contributed by atoms with E-state index in [2.05, 4.69) is 0 Å². The van der Waals surface area contributed by atoms with Crippen molar-refractivity contribution >= 4 is 22.7 Å². The first kappa shape index (κ1) is 13.6. The number of halogens is 1. The topological polar surface area (TPSA) is 69.6 Å². The first-order valence-electron chi connectivity index (χ1n) is 4.61. The minimum absolute atomic E-state index is 0.0527. The summed E-state index contributed by atoms with van der Waals surface area (Å²) in [6.45, 7) is 1.73. The van der Waals surface area contributed by atoms with Gasteiger partial charge < -0.3 is 14.4 Å². The Morgan fingerprint density at radius 1 is 1.62 bits per heavy atom. The lowest BCUT2D eigenvalue weighted by atomic mass is 10.0. The molecule has 16 heavy (non-hydrogen) atoms. The van der Waals surface area contributed by atoms with E-state index in [1.165, 1.54) is 25.3 Å². The highest BCUT2D eigenvalue weighted by Gasteiger charge is 2.27. The molecule has 4 nitrogen and oxygen atoms in total. The SMILES string of the molecule is CC[C@@](O)(OC)c1ccc(Cl)c(S(=O)[O-])c1. The van der Waals surface area contributed by atoms with Crippen LogP contribution < -0.4 is 0 Å². The molecule has 0 bridgehead atoms. The van der Waals surface area contributed by atoms with E-state index in [0.717, 1.165) is 0 Å². The van der Waals surface area contributed by atoms with Gasteiger partial charge in [0.05, 0.1) is 5.02 Å². The quantitative estimate of drug-likeness (QED) is 0.664.